The summed E-state index contributed by atoms with van der Waals surface area (Å²) in [6, 6.07) is 5.73. The van der Waals surface area contributed by atoms with E-state index in [-0.39, 0.29) is 23.8 Å². The second kappa shape index (κ2) is 7.24. The molecule has 1 N–H and O–H groups in total. The molecule has 0 bridgehead atoms. The predicted molar refractivity (Wildman–Crippen MR) is 93.2 cm³/mol. The molecule has 130 valence electrons. The summed E-state index contributed by atoms with van der Waals surface area (Å²) in [5.74, 6) is 1.03. The fourth-order valence-corrected chi connectivity index (χ4v) is 3.56. The minimum atomic E-state index is -0.151. The molecule has 1 saturated carbocycles. The van der Waals surface area contributed by atoms with Crippen molar-refractivity contribution in [2.24, 2.45) is 5.92 Å². The molecule has 0 spiro atoms. The second-order valence-electron chi connectivity index (χ2n) is 6.96. The number of fused-ring (bicyclic) bond motifs is 1. The maximum atomic E-state index is 12.7. The number of carbonyl (C=O) groups is 2. The highest BCUT2D eigenvalue weighted by Crippen LogP contribution is 2.32. The highest BCUT2D eigenvalue weighted by molar-refractivity contribution is 5.96. The van der Waals surface area contributed by atoms with Crippen molar-refractivity contribution in [1.82, 2.24) is 5.32 Å². The summed E-state index contributed by atoms with van der Waals surface area (Å²) in [5, 5.41) is 3.01. The first-order valence-corrected chi connectivity index (χ1v) is 8.89. The van der Waals surface area contributed by atoms with Crippen LogP contribution < -0.4 is 15.0 Å². The van der Waals surface area contributed by atoms with Crippen molar-refractivity contribution in [3.8, 4) is 5.75 Å². The van der Waals surface area contributed by atoms with Crippen molar-refractivity contribution in [2.45, 2.75) is 52.0 Å². The molecule has 1 aromatic carbocycles. The first-order chi connectivity index (χ1) is 11.5. The van der Waals surface area contributed by atoms with Gasteiger partial charge in [-0.2, -0.15) is 0 Å². The lowest BCUT2D eigenvalue weighted by molar-refractivity contribution is -0.125. The predicted octanol–water partition coefficient (Wildman–Crippen LogP) is 2.81. The highest BCUT2D eigenvalue weighted by Gasteiger charge is 2.27. The molecular formula is C19H26N2O3. The molecular weight excluding hydrogens is 304 g/mol. The van der Waals surface area contributed by atoms with E-state index in [0.717, 1.165) is 42.7 Å². The van der Waals surface area contributed by atoms with Gasteiger partial charge in [-0.15, -0.1) is 0 Å². The number of nitrogens with zero attached hydrogens (tertiary/aromatic N) is 1. The van der Waals surface area contributed by atoms with Gasteiger partial charge in [0, 0.05) is 18.4 Å². The zero-order valence-corrected chi connectivity index (χ0v) is 14.5. The molecule has 5 nitrogen and oxygen atoms in total. The van der Waals surface area contributed by atoms with Crippen LogP contribution in [0.25, 0.3) is 0 Å². The summed E-state index contributed by atoms with van der Waals surface area (Å²) in [6.45, 7) is 4.97. The Labute approximate surface area is 143 Å². The maximum Gasteiger partial charge on any atom is 0.229 e. The third kappa shape index (κ3) is 3.71. The van der Waals surface area contributed by atoms with E-state index in [4.69, 9.17) is 4.74 Å². The highest BCUT2D eigenvalue weighted by atomic mass is 16.5. The summed E-state index contributed by atoms with van der Waals surface area (Å²) in [7, 11) is 0. The molecule has 0 aromatic heterocycles. The van der Waals surface area contributed by atoms with Crippen LogP contribution in [0.3, 0.4) is 0 Å². The van der Waals surface area contributed by atoms with Crippen LogP contribution in [0.4, 0.5) is 5.69 Å². The molecule has 1 atom stereocenters. The van der Waals surface area contributed by atoms with Gasteiger partial charge in [0.2, 0.25) is 11.8 Å². The van der Waals surface area contributed by atoms with Crippen molar-refractivity contribution in [3.05, 3.63) is 23.8 Å². The second-order valence-corrected chi connectivity index (χ2v) is 6.96. The minimum Gasteiger partial charge on any atom is -0.490 e. The number of anilines is 1. The molecule has 1 aliphatic heterocycles. The Morgan fingerprint density at radius 1 is 1.33 bits per heavy atom. The Morgan fingerprint density at radius 3 is 2.83 bits per heavy atom. The number of ether oxygens (including phenoxy) is 1. The average Bonchev–Trinajstić information content (AvgIpc) is 3.08. The van der Waals surface area contributed by atoms with Crippen LogP contribution in [0, 0.1) is 12.8 Å². The molecule has 24 heavy (non-hydrogen) atoms. The molecule has 2 aliphatic rings. The summed E-state index contributed by atoms with van der Waals surface area (Å²) in [5.41, 5.74) is 1.94. The van der Waals surface area contributed by atoms with Crippen molar-refractivity contribution >= 4 is 17.5 Å². The zero-order chi connectivity index (χ0) is 17.1. The van der Waals surface area contributed by atoms with Crippen molar-refractivity contribution in [1.29, 1.82) is 0 Å². The smallest absolute Gasteiger partial charge is 0.229 e. The number of nitrogens with one attached hydrogen (secondary N) is 1. The normalized spacial score (nSPS) is 18.7. The van der Waals surface area contributed by atoms with E-state index in [2.05, 4.69) is 5.32 Å². The van der Waals surface area contributed by atoms with Crippen LogP contribution in [-0.2, 0) is 9.59 Å². The van der Waals surface area contributed by atoms with Gasteiger partial charge < -0.3 is 15.0 Å². The van der Waals surface area contributed by atoms with Crippen molar-refractivity contribution in [3.63, 3.8) is 0 Å². The van der Waals surface area contributed by atoms with Gasteiger partial charge in [-0.05, 0) is 44.4 Å². The fourth-order valence-electron chi connectivity index (χ4n) is 3.56. The SMILES string of the molecule is Cc1ccc2c(c1)OCCN2C(=O)CC(C)NC(=O)C1CCCC1. The molecule has 5 heteroatoms. The lowest BCUT2D eigenvalue weighted by Gasteiger charge is -2.30. The standard InChI is InChI=1S/C19H26N2O3/c1-13-7-8-16-17(11-13)24-10-9-21(16)18(22)12-14(2)20-19(23)15-5-3-4-6-15/h7-8,11,14-15H,3-6,9-10,12H2,1-2H3,(H,20,23). The number of hydrogen-bond donors (Lipinski definition) is 1. The van der Waals surface area contributed by atoms with Crippen LogP contribution >= 0.6 is 0 Å². The van der Waals surface area contributed by atoms with E-state index in [0.29, 0.717) is 19.6 Å². The van der Waals surface area contributed by atoms with Gasteiger partial charge in [0.05, 0.1) is 12.2 Å². The van der Waals surface area contributed by atoms with Gasteiger partial charge in [0.1, 0.15) is 12.4 Å². The van der Waals surface area contributed by atoms with E-state index < -0.39 is 0 Å². The molecule has 1 aliphatic carbocycles. The first-order valence-electron chi connectivity index (χ1n) is 8.89. The van der Waals surface area contributed by atoms with E-state index in [1.165, 1.54) is 0 Å². The Kier molecular flexibility index (Phi) is 5.07. The van der Waals surface area contributed by atoms with Gasteiger partial charge in [0.25, 0.3) is 0 Å². The lowest BCUT2D eigenvalue weighted by Crippen LogP contribution is -2.43. The van der Waals surface area contributed by atoms with Crippen LogP contribution in [0.15, 0.2) is 18.2 Å². The number of carbonyl (C=O) groups excluding carboxylic acids is 2. The lowest BCUT2D eigenvalue weighted by atomic mass is 10.1. The molecule has 3 rings (SSSR count). The van der Waals surface area contributed by atoms with Crippen LogP contribution in [0.1, 0.15) is 44.6 Å². The topological polar surface area (TPSA) is 58.6 Å². The molecule has 2 amide bonds. The van der Waals surface area contributed by atoms with Gasteiger partial charge >= 0.3 is 0 Å². The molecule has 1 unspecified atom stereocenters. The van der Waals surface area contributed by atoms with Gasteiger partial charge in [-0.1, -0.05) is 18.9 Å². The molecule has 1 heterocycles. The van der Waals surface area contributed by atoms with Crippen LogP contribution in [0.5, 0.6) is 5.75 Å². The quantitative estimate of drug-likeness (QED) is 0.923. The Bertz CT molecular complexity index is 623. The molecule has 0 radical (unpaired) electrons. The van der Waals surface area contributed by atoms with Crippen molar-refractivity contribution in [2.75, 3.05) is 18.1 Å². The first kappa shape index (κ1) is 16.8. The third-order valence-electron chi connectivity index (χ3n) is 4.88. The molecule has 1 aromatic rings. The fraction of sp³-hybridized carbons (Fsp3) is 0.579. The van der Waals surface area contributed by atoms with E-state index in [9.17, 15) is 9.59 Å². The molecule has 1 fully saturated rings. The monoisotopic (exact) mass is 330 g/mol. The summed E-state index contributed by atoms with van der Waals surface area (Å²) < 4.78 is 5.66. The zero-order valence-electron chi connectivity index (χ0n) is 14.5. The third-order valence-corrected chi connectivity index (χ3v) is 4.88. The van der Waals surface area contributed by atoms with Gasteiger partial charge in [-0.3, -0.25) is 9.59 Å². The van der Waals surface area contributed by atoms with Gasteiger partial charge in [-0.25, -0.2) is 0 Å². The van der Waals surface area contributed by atoms with Gasteiger partial charge in [0.15, 0.2) is 0 Å². The number of benzene rings is 1. The van der Waals surface area contributed by atoms with Crippen LogP contribution in [-0.4, -0.2) is 31.0 Å². The number of rotatable bonds is 4. The van der Waals surface area contributed by atoms with E-state index >= 15 is 0 Å². The summed E-state index contributed by atoms with van der Waals surface area (Å²) in [6.07, 6.45) is 4.53. The van der Waals surface area contributed by atoms with E-state index in [1.807, 2.05) is 32.0 Å². The Balaban J connectivity index is 1.60. The molecule has 0 saturated heterocycles. The number of aryl methyl sites for hydroxylation is 1. The maximum absolute atomic E-state index is 12.7. The minimum absolute atomic E-state index is 0.0302. The Hall–Kier alpha value is -2.04. The Morgan fingerprint density at radius 2 is 2.08 bits per heavy atom. The largest absolute Gasteiger partial charge is 0.490 e. The van der Waals surface area contributed by atoms with E-state index in [1.54, 1.807) is 4.90 Å². The summed E-state index contributed by atoms with van der Waals surface area (Å²) in [4.78, 5) is 26.6. The van der Waals surface area contributed by atoms with Crippen LogP contribution in [0.2, 0.25) is 0 Å². The van der Waals surface area contributed by atoms with Crippen molar-refractivity contribution < 1.29 is 14.3 Å². The summed E-state index contributed by atoms with van der Waals surface area (Å²) >= 11 is 0. The number of amides is 2. The number of hydrogen-bond acceptors (Lipinski definition) is 3. The average molecular weight is 330 g/mol.